The quantitative estimate of drug-likeness (QED) is 0.853. The molecule has 2 heterocycles. The number of carbonyl (C=O) groups is 1. The van der Waals surface area contributed by atoms with E-state index in [0.717, 1.165) is 13.0 Å². The van der Waals surface area contributed by atoms with Crippen LogP contribution in [0, 0.1) is 4.64 Å². The number of rotatable bonds is 4. The molecule has 4 nitrogen and oxygen atoms in total. The molecule has 0 unspecified atom stereocenters. The Bertz CT molecular complexity index is 740. The van der Waals surface area contributed by atoms with E-state index in [2.05, 4.69) is 46.4 Å². The summed E-state index contributed by atoms with van der Waals surface area (Å²) in [6, 6.07) is 12.2. The van der Waals surface area contributed by atoms with Crippen LogP contribution in [0.2, 0.25) is 0 Å². The minimum Gasteiger partial charge on any atom is -0.366 e. The van der Waals surface area contributed by atoms with Crippen LogP contribution in [0.5, 0.6) is 0 Å². The van der Waals surface area contributed by atoms with Crippen LogP contribution in [0.15, 0.2) is 42.6 Å². The molecule has 0 bridgehead atoms. The summed E-state index contributed by atoms with van der Waals surface area (Å²) >= 11 is 5.14. The molecule has 114 valence electrons. The number of nitrogens with one attached hydrogen (secondary N) is 2. The van der Waals surface area contributed by atoms with Gasteiger partial charge in [0.15, 0.2) is 0 Å². The van der Waals surface area contributed by atoms with Gasteiger partial charge in [0.2, 0.25) is 0 Å². The van der Waals surface area contributed by atoms with Gasteiger partial charge in [0.25, 0.3) is 5.91 Å². The number of aromatic nitrogens is 1. The molecule has 0 saturated carbocycles. The largest absolute Gasteiger partial charge is 0.366 e. The van der Waals surface area contributed by atoms with Crippen LogP contribution in [0.4, 0.5) is 5.69 Å². The maximum atomic E-state index is 12.2. The molecular weight excluding hydrogens is 294 g/mol. The van der Waals surface area contributed by atoms with Crippen LogP contribution in [0.3, 0.4) is 0 Å². The Morgan fingerprint density at radius 3 is 3.00 bits per heavy atom. The SMILES string of the molecule is C[C@H](CNC(=O)c1ccc[nH]c1=S)N1CCc2ccccc21. The number of anilines is 1. The normalized spacial score (nSPS) is 14.5. The van der Waals surface area contributed by atoms with Gasteiger partial charge in [-0.05, 0) is 37.1 Å². The molecule has 0 spiro atoms. The Hall–Kier alpha value is -2.14. The summed E-state index contributed by atoms with van der Waals surface area (Å²) in [6.45, 7) is 3.73. The van der Waals surface area contributed by atoms with Crippen molar-refractivity contribution in [1.29, 1.82) is 0 Å². The summed E-state index contributed by atoms with van der Waals surface area (Å²) < 4.78 is 0.471. The molecule has 2 aromatic rings. The van der Waals surface area contributed by atoms with Crippen molar-refractivity contribution in [2.75, 3.05) is 18.0 Å². The van der Waals surface area contributed by atoms with E-state index in [1.807, 2.05) is 0 Å². The zero-order valence-electron chi connectivity index (χ0n) is 12.5. The van der Waals surface area contributed by atoms with Crippen molar-refractivity contribution in [3.8, 4) is 0 Å². The van der Waals surface area contributed by atoms with Crippen molar-refractivity contribution < 1.29 is 4.79 Å². The topological polar surface area (TPSA) is 48.1 Å². The van der Waals surface area contributed by atoms with Crippen molar-refractivity contribution in [1.82, 2.24) is 10.3 Å². The summed E-state index contributed by atoms with van der Waals surface area (Å²) in [7, 11) is 0. The number of pyridine rings is 1. The molecule has 3 rings (SSSR count). The minimum atomic E-state index is -0.124. The molecule has 0 saturated heterocycles. The highest BCUT2D eigenvalue weighted by Crippen LogP contribution is 2.28. The van der Waals surface area contributed by atoms with Crippen LogP contribution in [0.1, 0.15) is 22.8 Å². The zero-order valence-corrected chi connectivity index (χ0v) is 13.3. The van der Waals surface area contributed by atoms with Crippen LogP contribution < -0.4 is 10.2 Å². The number of carbonyl (C=O) groups excluding carboxylic acids is 1. The average Bonchev–Trinajstić information content (AvgIpc) is 2.97. The summed E-state index contributed by atoms with van der Waals surface area (Å²) in [5.41, 5.74) is 3.18. The molecule has 2 N–H and O–H groups in total. The average molecular weight is 313 g/mol. The van der Waals surface area contributed by atoms with E-state index in [1.54, 1.807) is 18.3 Å². The molecule has 1 aromatic heterocycles. The van der Waals surface area contributed by atoms with Gasteiger partial charge < -0.3 is 15.2 Å². The number of amides is 1. The molecule has 0 radical (unpaired) electrons. The molecule has 0 fully saturated rings. The highest BCUT2D eigenvalue weighted by Gasteiger charge is 2.23. The number of aromatic amines is 1. The van der Waals surface area contributed by atoms with E-state index in [-0.39, 0.29) is 11.9 Å². The fourth-order valence-electron chi connectivity index (χ4n) is 2.87. The zero-order chi connectivity index (χ0) is 15.5. The first-order chi connectivity index (χ1) is 10.7. The van der Waals surface area contributed by atoms with Crippen LogP contribution in [-0.2, 0) is 6.42 Å². The Labute approximate surface area is 135 Å². The van der Waals surface area contributed by atoms with Crippen molar-refractivity contribution in [3.63, 3.8) is 0 Å². The molecule has 1 aliphatic heterocycles. The maximum Gasteiger partial charge on any atom is 0.254 e. The molecule has 1 aromatic carbocycles. The minimum absolute atomic E-state index is 0.124. The molecule has 1 amide bonds. The summed E-state index contributed by atoms with van der Waals surface area (Å²) in [5.74, 6) is -0.124. The van der Waals surface area contributed by atoms with Gasteiger partial charge in [0, 0.05) is 31.0 Å². The number of hydrogen-bond acceptors (Lipinski definition) is 3. The van der Waals surface area contributed by atoms with E-state index < -0.39 is 0 Å². The van der Waals surface area contributed by atoms with Crippen LogP contribution in [0.25, 0.3) is 0 Å². The first-order valence-corrected chi connectivity index (χ1v) is 7.88. The van der Waals surface area contributed by atoms with Gasteiger partial charge in [0.05, 0.1) is 5.56 Å². The first-order valence-electron chi connectivity index (χ1n) is 7.47. The molecule has 1 aliphatic rings. The number of nitrogens with zero attached hydrogens (tertiary/aromatic N) is 1. The second-order valence-corrected chi connectivity index (χ2v) is 5.95. The van der Waals surface area contributed by atoms with Crippen LogP contribution in [-0.4, -0.2) is 30.0 Å². The van der Waals surface area contributed by atoms with Gasteiger partial charge in [-0.2, -0.15) is 0 Å². The third-order valence-corrected chi connectivity index (χ3v) is 4.41. The van der Waals surface area contributed by atoms with Gasteiger partial charge in [-0.1, -0.05) is 30.4 Å². The molecule has 5 heteroatoms. The van der Waals surface area contributed by atoms with Gasteiger partial charge >= 0.3 is 0 Å². The number of hydrogen-bond donors (Lipinski definition) is 2. The lowest BCUT2D eigenvalue weighted by Crippen LogP contribution is -2.41. The fourth-order valence-corrected chi connectivity index (χ4v) is 3.10. The lowest BCUT2D eigenvalue weighted by atomic mass is 10.2. The number of benzene rings is 1. The predicted molar refractivity (Wildman–Crippen MR) is 90.9 cm³/mol. The molecule has 0 aliphatic carbocycles. The van der Waals surface area contributed by atoms with Crippen LogP contribution >= 0.6 is 12.2 Å². The van der Waals surface area contributed by atoms with Gasteiger partial charge in [0.1, 0.15) is 4.64 Å². The number of fused-ring (bicyclic) bond motifs is 1. The van der Waals surface area contributed by atoms with E-state index in [0.29, 0.717) is 16.7 Å². The van der Waals surface area contributed by atoms with Gasteiger partial charge in [-0.15, -0.1) is 0 Å². The predicted octanol–water partition coefficient (Wildman–Crippen LogP) is 2.93. The smallest absolute Gasteiger partial charge is 0.254 e. The molecular formula is C17H19N3OS. The Morgan fingerprint density at radius 1 is 1.36 bits per heavy atom. The Kier molecular flexibility index (Phi) is 4.24. The highest BCUT2D eigenvalue weighted by molar-refractivity contribution is 7.71. The highest BCUT2D eigenvalue weighted by atomic mass is 32.1. The Balaban J connectivity index is 1.64. The molecule has 22 heavy (non-hydrogen) atoms. The standard InChI is InChI=1S/C17H19N3OS/c1-12(20-10-8-13-5-2-3-7-15(13)20)11-19-16(21)14-6-4-9-18-17(14)22/h2-7,9,12H,8,10-11H2,1H3,(H,18,22)(H,19,21)/t12-/m1/s1. The van der Waals surface area contributed by atoms with Crippen molar-refractivity contribution in [3.05, 3.63) is 58.4 Å². The van der Waals surface area contributed by atoms with Gasteiger partial charge in [-0.25, -0.2) is 0 Å². The van der Waals surface area contributed by atoms with E-state index in [1.165, 1.54) is 11.3 Å². The molecule has 1 atom stereocenters. The van der Waals surface area contributed by atoms with Crippen molar-refractivity contribution in [2.45, 2.75) is 19.4 Å². The second-order valence-electron chi connectivity index (χ2n) is 5.54. The maximum absolute atomic E-state index is 12.2. The third kappa shape index (κ3) is 2.90. The lowest BCUT2D eigenvalue weighted by Gasteiger charge is -2.27. The van der Waals surface area contributed by atoms with Crippen molar-refractivity contribution in [2.24, 2.45) is 0 Å². The second kappa shape index (κ2) is 6.32. The third-order valence-electron chi connectivity index (χ3n) is 4.08. The lowest BCUT2D eigenvalue weighted by molar-refractivity contribution is 0.0950. The van der Waals surface area contributed by atoms with Crippen molar-refractivity contribution >= 4 is 23.8 Å². The monoisotopic (exact) mass is 313 g/mol. The van der Waals surface area contributed by atoms with E-state index in [9.17, 15) is 4.79 Å². The summed E-state index contributed by atoms with van der Waals surface area (Å²) in [6.07, 6.45) is 2.79. The summed E-state index contributed by atoms with van der Waals surface area (Å²) in [5, 5.41) is 2.98. The first kappa shape index (κ1) is 14.8. The number of H-pyrrole nitrogens is 1. The summed E-state index contributed by atoms with van der Waals surface area (Å²) in [4.78, 5) is 17.4. The number of para-hydroxylation sites is 1. The Morgan fingerprint density at radius 2 is 2.18 bits per heavy atom. The van der Waals surface area contributed by atoms with Gasteiger partial charge in [-0.3, -0.25) is 4.79 Å². The van der Waals surface area contributed by atoms with E-state index >= 15 is 0 Å². The fraction of sp³-hybridized carbons (Fsp3) is 0.294. The van der Waals surface area contributed by atoms with E-state index in [4.69, 9.17) is 12.2 Å².